The minimum absolute atomic E-state index is 0.0839. The third-order valence-electron chi connectivity index (χ3n) is 4.64. The minimum Gasteiger partial charge on any atom is -0.469 e. The van der Waals surface area contributed by atoms with Crippen molar-refractivity contribution in [3.8, 4) is 0 Å². The first-order valence-electron chi connectivity index (χ1n) is 8.40. The van der Waals surface area contributed by atoms with Crippen molar-refractivity contribution in [3.63, 3.8) is 0 Å². The molecule has 1 aromatic rings. The number of rotatable bonds is 4. The van der Waals surface area contributed by atoms with Gasteiger partial charge < -0.3 is 14.2 Å². The minimum atomic E-state index is -0.998. The number of methoxy groups -OCH3 is 2. The lowest BCUT2D eigenvalue weighted by Gasteiger charge is -2.33. The SMILES string of the molecule is COC(=O)/C=C1\C[C@@H](C(C)(C)C(=O)OC)O[C@H](c2ccccc2)CC1=O. The van der Waals surface area contributed by atoms with Crippen LogP contribution in [0.25, 0.3) is 0 Å². The number of ether oxygens (including phenoxy) is 3. The summed E-state index contributed by atoms with van der Waals surface area (Å²) in [4.78, 5) is 36.6. The van der Waals surface area contributed by atoms with E-state index in [1.54, 1.807) is 13.8 Å². The Bertz CT molecular complexity index is 704. The van der Waals surface area contributed by atoms with Crippen LogP contribution in [0.2, 0.25) is 0 Å². The second kappa shape index (κ2) is 8.27. The van der Waals surface area contributed by atoms with E-state index in [4.69, 9.17) is 9.47 Å². The third-order valence-corrected chi connectivity index (χ3v) is 4.64. The quantitative estimate of drug-likeness (QED) is 0.607. The highest BCUT2D eigenvalue weighted by molar-refractivity contribution is 6.01. The number of carbonyl (C=O) groups is 3. The van der Waals surface area contributed by atoms with Crippen molar-refractivity contribution >= 4 is 17.7 Å². The molecule has 140 valence electrons. The van der Waals surface area contributed by atoms with E-state index in [2.05, 4.69) is 4.74 Å². The molecule has 6 heteroatoms. The number of esters is 2. The number of ketones is 1. The molecule has 0 aliphatic carbocycles. The zero-order valence-electron chi connectivity index (χ0n) is 15.5. The van der Waals surface area contributed by atoms with Crippen LogP contribution in [-0.2, 0) is 28.6 Å². The Morgan fingerprint density at radius 1 is 1.12 bits per heavy atom. The number of hydrogen-bond donors (Lipinski definition) is 0. The highest BCUT2D eigenvalue weighted by Crippen LogP contribution is 2.38. The molecule has 0 radical (unpaired) electrons. The molecule has 2 rings (SSSR count). The van der Waals surface area contributed by atoms with Gasteiger partial charge in [-0.3, -0.25) is 9.59 Å². The monoisotopic (exact) mass is 360 g/mol. The maximum absolute atomic E-state index is 12.7. The summed E-state index contributed by atoms with van der Waals surface area (Å²) in [6, 6.07) is 9.34. The smallest absolute Gasteiger partial charge is 0.330 e. The molecule has 1 aliphatic heterocycles. The van der Waals surface area contributed by atoms with Gasteiger partial charge in [0.25, 0.3) is 0 Å². The van der Waals surface area contributed by atoms with Crippen molar-refractivity contribution in [2.75, 3.05) is 14.2 Å². The summed E-state index contributed by atoms with van der Waals surface area (Å²) < 4.78 is 15.7. The van der Waals surface area contributed by atoms with Gasteiger partial charge in [0, 0.05) is 24.5 Å². The number of hydrogen-bond acceptors (Lipinski definition) is 6. The Kier molecular flexibility index (Phi) is 6.32. The Hall–Kier alpha value is -2.47. The molecule has 1 heterocycles. The van der Waals surface area contributed by atoms with Crippen molar-refractivity contribution in [1.29, 1.82) is 0 Å². The van der Waals surface area contributed by atoms with E-state index >= 15 is 0 Å². The van der Waals surface area contributed by atoms with E-state index in [1.807, 2.05) is 30.3 Å². The second-order valence-corrected chi connectivity index (χ2v) is 6.76. The standard InChI is InChI=1S/C20H24O6/c1-20(2,19(23)25-4)17-10-14(11-18(22)24-3)15(21)12-16(26-17)13-8-6-5-7-9-13/h5-9,11,16-17H,10,12H2,1-4H3/b14-11+/t16-,17-/m0/s1. The first kappa shape index (κ1) is 19.8. The molecule has 0 spiro atoms. The Morgan fingerprint density at radius 3 is 2.35 bits per heavy atom. The van der Waals surface area contributed by atoms with Crippen LogP contribution in [0.15, 0.2) is 42.0 Å². The molecule has 2 atom stereocenters. The molecular weight excluding hydrogens is 336 g/mol. The van der Waals surface area contributed by atoms with Crippen LogP contribution < -0.4 is 0 Å². The lowest BCUT2D eigenvalue weighted by molar-refractivity contribution is -0.163. The fraction of sp³-hybridized carbons (Fsp3) is 0.450. The van der Waals surface area contributed by atoms with Gasteiger partial charge in [-0.1, -0.05) is 30.3 Å². The maximum Gasteiger partial charge on any atom is 0.330 e. The van der Waals surface area contributed by atoms with Gasteiger partial charge >= 0.3 is 11.9 Å². The molecule has 0 aromatic heterocycles. The van der Waals surface area contributed by atoms with Crippen LogP contribution in [-0.4, -0.2) is 38.0 Å². The van der Waals surface area contributed by atoms with Crippen LogP contribution in [0.1, 0.15) is 38.4 Å². The number of carbonyl (C=O) groups excluding carboxylic acids is 3. The summed E-state index contributed by atoms with van der Waals surface area (Å²) in [5.41, 5.74) is 0.129. The fourth-order valence-electron chi connectivity index (χ4n) is 2.93. The summed E-state index contributed by atoms with van der Waals surface area (Å²) in [5, 5.41) is 0. The highest BCUT2D eigenvalue weighted by Gasteiger charge is 2.43. The average molecular weight is 360 g/mol. The first-order chi connectivity index (χ1) is 12.3. The van der Waals surface area contributed by atoms with Crippen molar-refractivity contribution in [2.45, 2.75) is 38.9 Å². The van der Waals surface area contributed by atoms with Gasteiger partial charge in [0.2, 0.25) is 0 Å². The molecule has 0 N–H and O–H groups in total. The predicted octanol–water partition coefficient (Wildman–Crippen LogP) is 2.77. The van der Waals surface area contributed by atoms with E-state index in [9.17, 15) is 14.4 Å². The van der Waals surface area contributed by atoms with Gasteiger partial charge in [-0.05, 0) is 19.4 Å². The van der Waals surface area contributed by atoms with Crippen molar-refractivity contribution in [3.05, 3.63) is 47.5 Å². The van der Waals surface area contributed by atoms with Gasteiger partial charge in [0.1, 0.15) is 0 Å². The van der Waals surface area contributed by atoms with Crippen LogP contribution in [0, 0.1) is 5.41 Å². The van der Waals surface area contributed by atoms with E-state index in [0.29, 0.717) is 0 Å². The van der Waals surface area contributed by atoms with Crippen LogP contribution in [0.3, 0.4) is 0 Å². The summed E-state index contributed by atoms with van der Waals surface area (Å²) in [6.45, 7) is 3.41. The fourth-order valence-corrected chi connectivity index (χ4v) is 2.93. The van der Waals surface area contributed by atoms with Gasteiger partial charge in [-0.15, -0.1) is 0 Å². The number of benzene rings is 1. The highest BCUT2D eigenvalue weighted by atomic mass is 16.5. The summed E-state index contributed by atoms with van der Waals surface area (Å²) in [5.74, 6) is -1.25. The molecular formula is C20H24O6. The summed E-state index contributed by atoms with van der Waals surface area (Å²) >= 11 is 0. The molecule has 1 aliphatic rings. The lowest BCUT2D eigenvalue weighted by atomic mass is 9.82. The molecule has 1 saturated heterocycles. The van der Waals surface area contributed by atoms with E-state index in [1.165, 1.54) is 20.3 Å². The largest absolute Gasteiger partial charge is 0.469 e. The van der Waals surface area contributed by atoms with E-state index in [-0.39, 0.29) is 24.2 Å². The molecule has 0 unspecified atom stereocenters. The zero-order chi connectivity index (χ0) is 19.3. The average Bonchev–Trinajstić information content (AvgIpc) is 2.81. The second-order valence-electron chi connectivity index (χ2n) is 6.76. The van der Waals surface area contributed by atoms with Crippen molar-refractivity contribution in [2.24, 2.45) is 5.41 Å². The topological polar surface area (TPSA) is 78.9 Å². The van der Waals surface area contributed by atoms with E-state index < -0.39 is 29.6 Å². The van der Waals surface area contributed by atoms with Crippen LogP contribution in [0.4, 0.5) is 0 Å². The van der Waals surface area contributed by atoms with Gasteiger partial charge in [-0.2, -0.15) is 0 Å². The summed E-state index contributed by atoms with van der Waals surface area (Å²) in [7, 11) is 2.56. The molecule has 26 heavy (non-hydrogen) atoms. The molecule has 0 saturated carbocycles. The Morgan fingerprint density at radius 2 is 1.77 bits per heavy atom. The molecule has 1 fully saturated rings. The van der Waals surface area contributed by atoms with Gasteiger partial charge in [0.05, 0.1) is 31.8 Å². The molecule has 6 nitrogen and oxygen atoms in total. The predicted molar refractivity (Wildman–Crippen MR) is 94.2 cm³/mol. The summed E-state index contributed by atoms with van der Waals surface area (Å²) in [6.07, 6.45) is 0.239. The van der Waals surface area contributed by atoms with Gasteiger partial charge in [0.15, 0.2) is 5.78 Å². The first-order valence-corrected chi connectivity index (χ1v) is 8.40. The van der Waals surface area contributed by atoms with Crippen molar-refractivity contribution < 1.29 is 28.6 Å². The molecule has 0 bridgehead atoms. The van der Waals surface area contributed by atoms with Crippen LogP contribution in [0.5, 0.6) is 0 Å². The Labute approximate surface area is 153 Å². The molecule has 1 aromatic carbocycles. The van der Waals surface area contributed by atoms with Gasteiger partial charge in [-0.25, -0.2) is 4.79 Å². The maximum atomic E-state index is 12.7. The lowest BCUT2D eigenvalue weighted by Crippen LogP contribution is -2.40. The van der Waals surface area contributed by atoms with Crippen LogP contribution >= 0.6 is 0 Å². The third kappa shape index (κ3) is 4.38. The number of Topliss-reactive ketones (excluding diaryl/α,β-unsaturated/α-hetero) is 1. The van der Waals surface area contributed by atoms with E-state index in [0.717, 1.165) is 5.56 Å². The Balaban J connectivity index is 2.44. The normalized spacial score (nSPS) is 22.6. The zero-order valence-corrected chi connectivity index (χ0v) is 15.5. The van der Waals surface area contributed by atoms with Crippen molar-refractivity contribution in [1.82, 2.24) is 0 Å². The molecule has 0 amide bonds.